The number of anilines is 3. The monoisotopic (exact) mass is 677 g/mol. The van der Waals surface area contributed by atoms with Gasteiger partial charge in [-0.05, 0) is 67.2 Å². The predicted molar refractivity (Wildman–Crippen MR) is 189 cm³/mol. The minimum atomic E-state index is -3.45. The topological polar surface area (TPSA) is 90.4 Å². The van der Waals surface area contributed by atoms with Crippen LogP contribution in [0.4, 0.5) is 21.2 Å². The molecule has 10 heteroatoms. The highest BCUT2D eigenvalue weighted by Crippen LogP contribution is 2.60. The maximum Gasteiger partial charge on any atom is 0.264 e. The molecule has 1 N–H and O–H groups in total. The molecule has 4 aromatic carbocycles. The van der Waals surface area contributed by atoms with Crippen LogP contribution in [0, 0.1) is 5.92 Å². The Labute approximate surface area is 286 Å². The second-order valence-corrected chi connectivity index (χ2v) is 18.2. The number of aliphatic hydroxyl groups excluding tert-OH is 1. The van der Waals surface area contributed by atoms with Crippen LogP contribution in [0.2, 0.25) is 18.6 Å². The minimum Gasteiger partial charge on any atom is -0.394 e. The molecule has 8 nitrogen and oxygen atoms in total. The van der Waals surface area contributed by atoms with Gasteiger partial charge in [0.1, 0.15) is 0 Å². The first-order chi connectivity index (χ1) is 23.5. The summed E-state index contributed by atoms with van der Waals surface area (Å²) in [4.78, 5) is 47.2. The zero-order valence-corrected chi connectivity index (χ0v) is 28.9. The number of halogens is 1. The molecule has 252 valence electrons. The minimum absolute atomic E-state index is 0.0376. The lowest BCUT2D eigenvalue weighted by atomic mass is 9.82. The molecule has 4 aromatic rings. The van der Waals surface area contributed by atoms with Crippen LogP contribution in [0.3, 0.4) is 0 Å². The van der Waals surface area contributed by atoms with Gasteiger partial charge in [-0.1, -0.05) is 61.5 Å². The number of hydrogen-bond donors (Lipinski definition) is 1. The molecule has 0 aliphatic carbocycles. The molecule has 0 unspecified atom stereocenters. The highest BCUT2D eigenvalue weighted by molar-refractivity contribution is 6.72. The van der Waals surface area contributed by atoms with Crippen LogP contribution in [0.25, 0.3) is 10.8 Å². The first kappa shape index (κ1) is 31.9. The van der Waals surface area contributed by atoms with Gasteiger partial charge in [0.25, 0.3) is 11.8 Å². The molecule has 1 spiro atoms. The van der Waals surface area contributed by atoms with Crippen LogP contribution in [0.5, 0.6) is 0 Å². The number of aliphatic hydroxyl groups is 1. The zero-order valence-electron chi connectivity index (χ0n) is 27.9. The van der Waals surface area contributed by atoms with Gasteiger partial charge in [0.15, 0.2) is 5.60 Å². The van der Waals surface area contributed by atoms with Crippen molar-refractivity contribution in [3.05, 3.63) is 102 Å². The number of hydrogen-bond acceptors (Lipinski definition) is 5. The van der Waals surface area contributed by atoms with Crippen LogP contribution in [-0.2, 0) is 26.5 Å². The van der Waals surface area contributed by atoms with Gasteiger partial charge < -0.3 is 23.8 Å². The average molecular weight is 678 g/mol. The molecule has 5 atom stereocenters. The third-order valence-corrected chi connectivity index (χ3v) is 13.7. The number of nitrogens with zero attached hydrogens (tertiary/aromatic N) is 3. The number of carbonyl (C=O) groups is 3. The van der Waals surface area contributed by atoms with Gasteiger partial charge >= 0.3 is 0 Å². The van der Waals surface area contributed by atoms with Crippen molar-refractivity contribution in [1.82, 2.24) is 4.90 Å². The summed E-state index contributed by atoms with van der Waals surface area (Å²) in [6.45, 7) is 5.82. The summed E-state index contributed by atoms with van der Waals surface area (Å²) >= 11 is 0. The maximum absolute atomic E-state index is 16.3. The SMILES string of the molecule is C[C@H]1[C@H]([Si](C)(C)F)[C@@H](CC(=O)N2CCC[C@H]2CO)O[C@]12C(=O)N(Cc1cccc(N3C(=O)c4cccc5cccc3c45)c1)c1ccccc12. The van der Waals surface area contributed by atoms with Crippen molar-refractivity contribution in [1.29, 1.82) is 0 Å². The highest BCUT2D eigenvalue weighted by Gasteiger charge is 2.67. The van der Waals surface area contributed by atoms with E-state index in [-0.39, 0.29) is 43.3 Å². The quantitative estimate of drug-likeness (QED) is 0.171. The summed E-state index contributed by atoms with van der Waals surface area (Å²) in [5.41, 5.74) is 2.37. The molecule has 3 amide bonds. The van der Waals surface area contributed by atoms with Gasteiger partial charge in [0, 0.05) is 34.6 Å². The van der Waals surface area contributed by atoms with Crippen LogP contribution in [0.15, 0.2) is 84.9 Å². The fourth-order valence-electron chi connectivity index (χ4n) is 9.15. The van der Waals surface area contributed by atoms with Gasteiger partial charge in [0.2, 0.25) is 14.3 Å². The van der Waals surface area contributed by atoms with Gasteiger partial charge in [-0.2, -0.15) is 0 Å². The fourth-order valence-corrected chi connectivity index (χ4v) is 11.6. The van der Waals surface area contributed by atoms with E-state index in [0.717, 1.165) is 34.9 Å². The summed E-state index contributed by atoms with van der Waals surface area (Å²) in [7, 11) is -3.45. The number of fused-ring (bicyclic) bond motifs is 2. The molecule has 4 aliphatic heterocycles. The van der Waals surface area contributed by atoms with E-state index >= 15 is 4.11 Å². The number of amides is 3. The second kappa shape index (κ2) is 11.6. The largest absolute Gasteiger partial charge is 0.394 e. The Bertz CT molecular complexity index is 2010. The van der Waals surface area contributed by atoms with Crippen LogP contribution < -0.4 is 9.80 Å². The summed E-state index contributed by atoms with van der Waals surface area (Å²) < 4.78 is 23.1. The van der Waals surface area contributed by atoms with Crippen LogP contribution in [0.1, 0.15) is 47.7 Å². The third kappa shape index (κ3) is 4.79. The predicted octanol–water partition coefficient (Wildman–Crippen LogP) is 6.83. The van der Waals surface area contributed by atoms with E-state index in [1.807, 2.05) is 91.9 Å². The van der Waals surface area contributed by atoms with Gasteiger partial charge in [-0.25, -0.2) is 0 Å². The fraction of sp³-hybridized carbons (Fsp3) is 0.359. The van der Waals surface area contributed by atoms with E-state index in [1.54, 1.807) is 27.8 Å². The number of rotatable bonds is 7. The number of ether oxygens (including phenoxy) is 1. The Morgan fingerprint density at radius 3 is 2.51 bits per heavy atom. The summed E-state index contributed by atoms with van der Waals surface area (Å²) in [5.74, 6) is -1.05. The number of benzene rings is 4. The molecule has 8 rings (SSSR count). The van der Waals surface area contributed by atoms with Crippen molar-refractivity contribution in [2.75, 3.05) is 23.0 Å². The zero-order chi connectivity index (χ0) is 34.2. The standard InChI is InChI=1S/C39H40FN3O5Si/c1-24-36(49(2,3)40)33(21-34(45)41-19-9-14-28(41)23-44)48-39(24)30-16-4-5-17-31(30)42(38(39)47)22-25-10-6-13-27(20-25)43-32-18-8-12-26-11-7-15-29(35(26)32)37(43)46/h4-8,10-13,15-18,20,24,28,33,36,44H,9,14,19,21-23H2,1-3H3/t24-,28-,33+,36-,39+/m0/s1. The Balaban J connectivity index is 1.12. The van der Waals surface area contributed by atoms with Crippen molar-refractivity contribution in [3.8, 4) is 0 Å². The number of para-hydroxylation sites is 1. The van der Waals surface area contributed by atoms with E-state index in [0.29, 0.717) is 29.0 Å². The number of likely N-dealkylation sites (tertiary alicyclic amines) is 1. The van der Waals surface area contributed by atoms with Crippen molar-refractivity contribution in [3.63, 3.8) is 0 Å². The molecule has 0 saturated carbocycles. The van der Waals surface area contributed by atoms with E-state index < -0.39 is 31.6 Å². The van der Waals surface area contributed by atoms with Crippen LogP contribution in [-0.4, -0.2) is 61.4 Å². The summed E-state index contributed by atoms with van der Waals surface area (Å²) in [5, 5.41) is 11.8. The molecular formula is C39H40FN3O5Si. The van der Waals surface area contributed by atoms with Gasteiger partial charge in [-0.15, -0.1) is 0 Å². The lowest BCUT2D eigenvalue weighted by molar-refractivity contribution is -0.150. The Morgan fingerprint density at radius 2 is 1.73 bits per heavy atom. The van der Waals surface area contributed by atoms with E-state index in [1.165, 1.54) is 0 Å². The molecular weight excluding hydrogens is 638 g/mol. The molecule has 0 aromatic heterocycles. The smallest absolute Gasteiger partial charge is 0.264 e. The maximum atomic E-state index is 16.3. The average Bonchev–Trinajstić information content (AvgIpc) is 3.81. The normalized spacial score (nSPS) is 26.1. The van der Waals surface area contributed by atoms with E-state index in [2.05, 4.69) is 0 Å². The lowest BCUT2D eigenvalue weighted by Gasteiger charge is -2.31. The molecule has 2 saturated heterocycles. The third-order valence-electron chi connectivity index (χ3n) is 11.2. The second-order valence-electron chi connectivity index (χ2n) is 14.4. The Morgan fingerprint density at radius 1 is 1.00 bits per heavy atom. The molecule has 0 radical (unpaired) electrons. The van der Waals surface area contributed by atoms with Gasteiger partial charge in [-0.3, -0.25) is 19.3 Å². The first-order valence-electron chi connectivity index (χ1n) is 17.2. The molecule has 4 heterocycles. The summed E-state index contributed by atoms with van der Waals surface area (Å²) in [6, 6.07) is 26.6. The Kier molecular flexibility index (Phi) is 7.55. The van der Waals surface area contributed by atoms with Crippen molar-refractivity contribution in [2.24, 2.45) is 5.92 Å². The number of carbonyl (C=O) groups excluding carboxylic acids is 3. The molecule has 0 bridgehead atoms. The Hall–Kier alpha value is -4.38. The van der Waals surface area contributed by atoms with Crippen LogP contribution >= 0.6 is 0 Å². The first-order valence-corrected chi connectivity index (χ1v) is 20.1. The van der Waals surface area contributed by atoms with Crippen molar-refractivity contribution >= 4 is 54.0 Å². The summed E-state index contributed by atoms with van der Waals surface area (Å²) in [6.07, 6.45) is 0.730. The van der Waals surface area contributed by atoms with E-state index in [9.17, 15) is 19.5 Å². The van der Waals surface area contributed by atoms with Gasteiger partial charge in [0.05, 0.1) is 48.7 Å². The lowest BCUT2D eigenvalue weighted by Crippen LogP contribution is -2.45. The van der Waals surface area contributed by atoms with E-state index in [4.69, 9.17) is 4.74 Å². The molecule has 49 heavy (non-hydrogen) atoms. The highest BCUT2D eigenvalue weighted by atomic mass is 28.4. The molecule has 2 fully saturated rings. The molecule has 4 aliphatic rings. The van der Waals surface area contributed by atoms with Crippen molar-refractivity contribution < 1.29 is 28.3 Å². The van der Waals surface area contributed by atoms with Crippen molar-refractivity contribution in [2.45, 2.75) is 69.1 Å².